The predicted octanol–water partition coefficient (Wildman–Crippen LogP) is 5.01. The maximum atomic E-state index is 14.4. The van der Waals surface area contributed by atoms with Crippen molar-refractivity contribution in [3.05, 3.63) is 75.3 Å². The number of likely N-dealkylation sites (tertiary alicyclic amines) is 1. The van der Waals surface area contributed by atoms with Crippen LogP contribution in [0.5, 0.6) is 5.75 Å². The van der Waals surface area contributed by atoms with Gasteiger partial charge in [-0.15, -0.1) is 0 Å². The van der Waals surface area contributed by atoms with Crippen molar-refractivity contribution in [2.75, 3.05) is 52.9 Å². The average Bonchev–Trinajstić information content (AvgIpc) is 3.06. The number of nitriles is 1. The number of nitrogens with two attached hydrogens (primary N) is 1. The number of carbonyl (C=O) groups excluding carboxylic acids is 3. The van der Waals surface area contributed by atoms with Crippen LogP contribution in [-0.4, -0.2) is 91.5 Å². The Balaban J connectivity index is 1.41. The number of urea groups is 1. The summed E-state index contributed by atoms with van der Waals surface area (Å²) < 4.78 is 5.60. The van der Waals surface area contributed by atoms with Crippen LogP contribution < -0.4 is 15.8 Å². The second kappa shape index (κ2) is 15.0. The molecule has 0 radical (unpaired) electrons. The van der Waals surface area contributed by atoms with Gasteiger partial charge in [-0.25, -0.2) is 4.79 Å². The van der Waals surface area contributed by atoms with E-state index in [9.17, 15) is 19.6 Å². The van der Waals surface area contributed by atoms with E-state index >= 15 is 0 Å². The quantitative estimate of drug-likeness (QED) is 0.296. The molecule has 2 heterocycles. The van der Waals surface area contributed by atoms with Crippen molar-refractivity contribution in [2.45, 2.75) is 37.6 Å². The van der Waals surface area contributed by atoms with Gasteiger partial charge < -0.3 is 30.5 Å². The van der Waals surface area contributed by atoms with Crippen LogP contribution in [0.4, 0.5) is 4.79 Å². The summed E-state index contributed by atoms with van der Waals surface area (Å²) in [5, 5.41) is 14.9. The first-order valence-electron chi connectivity index (χ1n) is 15.5. The Morgan fingerprint density at radius 3 is 2.57 bits per heavy atom. The van der Waals surface area contributed by atoms with E-state index < -0.39 is 11.8 Å². The van der Waals surface area contributed by atoms with E-state index in [1.807, 2.05) is 29.2 Å². The van der Waals surface area contributed by atoms with Crippen molar-refractivity contribution in [1.29, 1.82) is 5.26 Å². The summed E-state index contributed by atoms with van der Waals surface area (Å²) in [6.07, 6.45) is 3.39. The number of hydrogen-bond donors (Lipinski definition) is 2. The molecule has 0 unspecified atom stereocenters. The van der Waals surface area contributed by atoms with Gasteiger partial charge in [-0.05, 0) is 66.8 Å². The van der Waals surface area contributed by atoms with Gasteiger partial charge in [0.2, 0.25) is 5.91 Å². The molecule has 0 bridgehead atoms. The maximum Gasteiger partial charge on any atom is 0.317 e. The third-order valence-corrected chi connectivity index (χ3v) is 9.67. The number of ether oxygens (including phenoxy) is 1. The Hall–Kier alpha value is -4.04. The highest BCUT2D eigenvalue weighted by atomic mass is 35.5. The van der Waals surface area contributed by atoms with E-state index in [2.05, 4.69) is 16.3 Å². The number of fused-ring (bicyclic) bond motifs is 1. The number of methoxy groups -OCH3 is 1. The molecule has 5 rings (SSSR count). The molecule has 3 N–H and O–H groups in total. The normalized spacial score (nSPS) is 16.5. The van der Waals surface area contributed by atoms with E-state index in [1.165, 1.54) is 12.0 Å². The van der Waals surface area contributed by atoms with Gasteiger partial charge in [-0.3, -0.25) is 9.59 Å². The van der Waals surface area contributed by atoms with Gasteiger partial charge in [-0.2, -0.15) is 5.26 Å². The molecule has 2 fully saturated rings. The molecular formula is C34H38Cl2N6O4. The van der Waals surface area contributed by atoms with Crippen molar-refractivity contribution in [1.82, 2.24) is 20.0 Å². The fourth-order valence-corrected chi connectivity index (χ4v) is 6.89. The van der Waals surface area contributed by atoms with Crippen LogP contribution in [0.2, 0.25) is 10.0 Å². The van der Waals surface area contributed by atoms with Gasteiger partial charge >= 0.3 is 6.03 Å². The summed E-state index contributed by atoms with van der Waals surface area (Å²) >= 11 is 12.7. The molecule has 10 nitrogen and oxygen atoms in total. The van der Waals surface area contributed by atoms with Crippen LogP contribution in [0.25, 0.3) is 10.8 Å². The number of benzene rings is 3. The van der Waals surface area contributed by atoms with E-state index in [1.54, 1.807) is 24.3 Å². The molecule has 242 valence electrons. The molecule has 0 aliphatic carbocycles. The number of halogens is 2. The van der Waals surface area contributed by atoms with Crippen molar-refractivity contribution < 1.29 is 19.1 Å². The van der Waals surface area contributed by atoms with Gasteiger partial charge in [0.25, 0.3) is 5.91 Å². The molecule has 4 amide bonds. The summed E-state index contributed by atoms with van der Waals surface area (Å²) in [6, 6.07) is 16.7. The van der Waals surface area contributed by atoms with Crippen molar-refractivity contribution in [3.8, 4) is 11.8 Å². The van der Waals surface area contributed by atoms with Crippen LogP contribution in [0.3, 0.4) is 0 Å². The standard InChI is InChI=1S/C34H38Cl2N6O4/c1-46-32-25(19-37)17-23-5-2-3-6-27(23)31(32)33(44)41(21-30(38)43)20-24(22-7-8-28(35)29(36)18-22)9-14-40-15-10-26(11-16-40)42-13-4-12-39-34(42)45/h2-3,5-8,17-18,24,26H,4,9-16,20-21H2,1H3,(H2,38,43)(H,39,45)/t24-/m1/s1. The van der Waals surface area contributed by atoms with Gasteiger partial charge in [0, 0.05) is 44.7 Å². The van der Waals surface area contributed by atoms with Crippen LogP contribution in [0.1, 0.15) is 53.1 Å². The lowest BCUT2D eigenvalue weighted by molar-refractivity contribution is -0.118. The van der Waals surface area contributed by atoms with Gasteiger partial charge in [0.1, 0.15) is 11.8 Å². The minimum absolute atomic E-state index is 0.0216. The zero-order chi connectivity index (χ0) is 32.8. The topological polar surface area (TPSA) is 132 Å². The lowest BCUT2D eigenvalue weighted by atomic mass is 9.93. The van der Waals surface area contributed by atoms with Gasteiger partial charge in [0.05, 0.1) is 34.8 Å². The molecule has 3 aromatic rings. The molecule has 12 heteroatoms. The molecule has 0 aromatic heterocycles. The molecule has 2 saturated heterocycles. The Kier molecular flexibility index (Phi) is 10.9. The number of carbonyl (C=O) groups is 3. The average molecular weight is 666 g/mol. The second-order valence-electron chi connectivity index (χ2n) is 11.8. The Morgan fingerprint density at radius 2 is 1.89 bits per heavy atom. The van der Waals surface area contributed by atoms with E-state index in [0.717, 1.165) is 57.5 Å². The number of amides is 4. The number of piperidine rings is 1. The lowest BCUT2D eigenvalue weighted by Gasteiger charge is -2.40. The molecule has 0 saturated carbocycles. The number of hydrogen-bond acceptors (Lipinski definition) is 6. The number of primary amides is 1. The Labute approximate surface area is 278 Å². The van der Waals surface area contributed by atoms with Crippen molar-refractivity contribution >= 4 is 51.8 Å². The molecule has 0 spiro atoms. The van der Waals surface area contributed by atoms with Crippen LogP contribution in [-0.2, 0) is 4.79 Å². The van der Waals surface area contributed by atoms with Crippen molar-refractivity contribution in [3.63, 3.8) is 0 Å². The molecule has 2 aliphatic heterocycles. The van der Waals surface area contributed by atoms with Gasteiger partial charge in [-0.1, -0.05) is 53.5 Å². The maximum absolute atomic E-state index is 14.4. The predicted molar refractivity (Wildman–Crippen MR) is 178 cm³/mol. The minimum Gasteiger partial charge on any atom is -0.495 e. The SMILES string of the molecule is COc1c(C#N)cc2ccccc2c1C(=O)N(CC(N)=O)C[C@@H](CCN1CCC(N2CCCNC2=O)CC1)c1ccc(Cl)c(Cl)c1. The highest BCUT2D eigenvalue weighted by Crippen LogP contribution is 2.35. The lowest BCUT2D eigenvalue weighted by Crippen LogP contribution is -2.54. The number of nitrogens with zero attached hydrogens (tertiary/aromatic N) is 4. The number of nitrogens with one attached hydrogen (secondary N) is 1. The Bertz CT molecular complexity index is 1650. The second-order valence-corrected chi connectivity index (χ2v) is 12.6. The van der Waals surface area contributed by atoms with E-state index in [4.69, 9.17) is 33.7 Å². The molecule has 2 aliphatic rings. The minimum atomic E-state index is -0.662. The first-order valence-corrected chi connectivity index (χ1v) is 16.2. The highest BCUT2D eigenvalue weighted by molar-refractivity contribution is 6.42. The molecule has 3 aromatic carbocycles. The van der Waals surface area contributed by atoms with Gasteiger partial charge in [0.15, 0.2) is 0 Å². The zero-order valence-corrected chi connectivity index (χ0v) is 27.3. The Morgan fingerprint density at radius 1 is 1.13 bits per heavy atom. The number of rotatable bonds is 11. The zero-order valence-electron chi connectivity index (χ0n) is 25.8. The van der Waals surface area contributed by atoms with Crippen LogP contribution in [0.15, 0.2) is 48.5 Å². The third kappa shape index (κ3) is 7.49. The van der Waals surface area contributed by atoms with E-state index in [0.29, 0.717) is 27.2 Å². The molecule has 1 atom stereocenters. The van der Waals surface area contributed by atoms with Crippen LogP contribution in [0, 0.1) is 11.3 Å². The summed E-state index contributed by atoms with van der Waals surface area (Å²) in [5.41, 5.74) is 6.98. The first-order chi connectivity index (χ1) is 22.2. The summed E-state index contributed by atoms with van der Waals surface area (Å²) in [6.45, 7) is 3.78. The summed E-state index contributed by atoms with van der Waals surface area (Å²) in [7, 11) is 1.42. The molecular weight excluding hydrogens is 627 g/mol. The highest BCUT2D eigenvalue weighted by Gasteiger charge is 2.31. The monoisotopic (exact) mass is 664 g/mol. The largest absolute Gasteiger partial charge is 0.495 e. The first kappa shape index (κ1) is 33.3. The van der Waals surface area contributed by atoms with Crippen molar-refractivity contribution in [2.24, 2.45) is 5.73 Å². The third-order valence-electron chi connectivity index (χ3n) is 8.93. The smallest absolute Gasteiger partial charge is 0.317 e. The molecule has 46 heavy (non-hydrogen) atoms. The van der Waals surface area contributed by atoms with Crippen LogP contribution >= 0.6 is 23.2 Å². The fraction of sp³-hybridized carbons (Fsp3) is 0.412. The van der Waals surface area contributed by atoms with E-state index in [-0.39, 0.29) is 48.0 Å². The summed E-state index contributed by atoms with van der Waals surface area (Å²) in [4.78, 5) is 44.9. The summed E-state index contributed by atoms with van der Waals surface area (Å²) in [5.74, 6) is -1.20. The fourth-order valence-electron chi connectivity index (χ4n) is 6.59.